The van der Waals surface area contributed by atoms with Crippen LogP contribution in [-0.2, 0) is 16.1 Å². The van der Waals surface area contributed by atoms with Crippen molar-refractivity contribution in [2.75, 3.05) is 26.4 Å². The van der Waals surface area contributed by atoms with Crippen molar-refractivity contribution in [2.24, 2.45) is 5.41 Å². The van der Waals surface area contributed by atoms with E-state index in [0.29, 0.717) is 19.8 Å². The van der Waals surface area contributed by atoms with Crippen LogP contribution in [0.2, 0.25) is 0 Å². The van der Waals surface area contributed by atoms with Crippen LogP contribution in [0.15, 0.2) is 30.3 Å². The molecule has 1 aliphatic rings. The van der Waals surface area contributed by atoms with Gasteiger partial charge in [0.25, 0.3) is 0 Å². The van der Waals surface area contributed by atoms with Crippen molar-refractivity contribution in [3.63, 3.8) is 0 Å². The Balaban J connectivity index is 1.93. The maximum absolute atomic E-state index is 12.3. The van der Waals surface area contributed by atoms with Gasteiger partial charge in [0.15, 0.2) is 0 Å². The molecule has 1 amide bonds. The van der Waals surface area contributed by atoms with Crippen LogP contribution in [-0.4, -0.2) is 48.5 Å². The Morgan fingerprint density at radius 1 is 1.38 bits per heavy atom. The lowest BCUT2D eigenvalue weighted by molar-refractivity contribution is -0.148. The average molecular weight is 293 g/mol. The van der Waals surface area contributed by atoms with Crippen LogP contribution in [0, 0.1) is 5.41 Å². The van der Waals surface area contributed by atoms with Gasteiger partial charge in [-0.05, 0) is 19.4 Å². The predicted molar refractivity (Wildman–Crippen MR) is 78.8 cm³/mol. The molecule has 0 saturated carbocycles. The lowest BCUT2D eigenvalue weighted by Crippen LogP contribution is -2.55. The zero-order chi connectivity index (χ0) is 15.3. The molecule has 1 aromatic rings. The van der Waals surface area contributed by atoms with Gasteiger partial charge >= 0.3 is 6.09 Å². The summed E-state index contributed by atoms with van der Waals surface area (Å²) in [6.45, 7) is 5.57. The van der Waals surface area contributed by atoms with E-state index in [4.69, 9.17) is 9.47 Å². The first-order valence-electron chi connectivity index (χ1n) is 7.22. The molecule has 0 spiro atoms. The minimum absolute atomic E-state index is 0.0114. The van der Waals surface area contributed by atoms with Gasteiger partial charge in [-0.1, -0.05) is 30.3 Å². The SMILES string of the molecule is CC(C)N(CC1(CO)COC1)C(=O)OCc1ccccc1. The number of benzene rings is 1. The van der Waals surface area contributed by atoms with E-state index < -0.39 is 0 Å². The van der Waals surface area contributed by atoms with Crippen LogP contribution in [0.3, 0.4) is 0 Å². The summed E-state index contributed by atoms with van der Waals surface area (Å²) in [6.07, 6.45) is -0.353. The van der Waals surface area contributed by atoms with E-state index in [1.165, 1.54) is 0 Å². The molecule has 2 rings (SSSR count). The van der Waals surface area contributed by atoms with Crippen molar-refractivity contribution in [1.82, 2.24) is 4.90 Å². The molecule has 21 heavy (non-hydrogen) atoms. The first kappa shape index (κ1) is 15.8. The Morgan fingerprint density at radius 2 is 2.05 bits per heavy atom. The molecule has 1 aromatic carbocycles. The van der Waals surface area contributed by atoms with Gasteiger partial charge in [0.05, 0.1) is 25.2 Å². The fourth-order valence-corrected chi connectivity index (χ4v) is 2.24. The zero-order valence-corrected chi connectivity index (χ0v) is 12.6. The fraction of sp³-hybridized carbons (Fsp3) is 0.562. The highest BCUT2D eigenvalue weighted by Crippen LogP contribution is 2.29. The van der Waals surface area contributed by atoms with Crippen LogP contribution in [0.25, 0.3) is 0 Å². The summed E-state index contributed by atoms with van der Waals surface area (Å²) in [4.78, 5) is 13.9. The molecule has 5 nitrogen and oxygen atoms in total. The molecule has 0 aromatic heterocycles. The van der Waals surface area contributed by atoms with Gasteiger partial charge in [0.2, 0.25) is 0 Å². The lowest BCUT2D eigenvalue weighted by atomic mass is 9.86. The third-order valence-corrected chi connectivity index (χ3v) is 3.72. The van der Waals surface area contributed by atoms with Crippen molar-refractivity contribution < 1.29 is 19.4 Å². The third-order valence-electron chi connectivity index (χ3n) is 3.72. The van der Waals surface area contributed by atoms with E-state index in [-0.39, 0.29) is 30.8 Å². The molecule has 1 heterocycles. The summed E-state index contributed by atoms with van der Waals surface area (Å²) in [5.74, 6) is 0. The third kappa shape index (κ3) is 3.95. The van der Waals surface area contributed by atoms with E-state index >= 15 is 0 Å². The first-order valence-corrected chi connectivity index (χ1v) is 7.22. The van der Waals surface area contributed by atoms with Crippen molar-refractivity contribution >= 4 is 6.09 Å². The summed E-state index contributed by atoms with van der Waals surface area (Å²) in [6, 6.07) is 9.60. The van der Waals surface area contributed by atoms with Crippen molar-refractivity contribution in [2.45, 2.75) is 26.5 Å². The summed E-state index contributed by atoms with van der Waals surface area (Å²) in [5.41, 5.74) is 0.620. The van der Waals surface area contributed by atoms with Gasteiger partial charge in [-0.2, -0.15) is 0 Å². The Hall–Kier alpha value is -1.59. The highest BCUT2D eigenvalue weighted by atomic mass is 16.6. The van der Waals surface area contributed by atoms with Gasteiger partial charge in [0, 0.05) is 12.6 Å². The Labute approximate surface area is 125 Å². The minimum Gasteiger partial charge on any atom is -0.445 e. The summed E-state index contributed by atoms with van der Waals surface area (Å²) in [5, 5.41) is 9.50. The van der Waals surface area contributed by atoms with E-state index in [1.54, 1.807) is 4.90 Å². The van der Waals surface area contributed by atoms with Crippen LogP contribution >= 0.6 is 0 Å². The lowest BCUT2D eigenvalue weighted by Gasteiger charge is -2.43. The number of nitrogens with zero attached hydrogens (tertiary/aromatic N) is 1. The van der Waals surface area contributed by atoms with Gasteiger partial charge in [-0.3, -0.25) is 0 Å². The molecule has 116 valence electrons. The standard InChI is InChI=1S/C16H23NO4/c1-13(2)17(9-16(10-18)11-20-12-16)15(19)21-8-14-6-4-3-5-7-14/h3-7,13,18H,8-12H2,1-2H3. The molecule has 0 unspecified atom stereocenters. The fourth-order valence-electron chi connectivity index (χ4n) is 2.24. The van der Waals surface area contributed by atoms with E-state index in [1.807, 2.05) is 44.2 Å². The number of aliphatic hydroxyl groups excluding tert-OH is 1. The largest absolute Gasteiger partial charge is 0.445 e. The van der Waals surface area contributed by atoms with Gasteiger partial charge in [0.1, 0.15) is 6.61 Å². The molecule has 5 heteroatoms. The first-order chi connectivity index (χ1) is 10.1. The van der Waals surface area contributed by atoms with Crippen molar-refractivity contribution in [3.8, 4) is 0 Å². The Kier molecular flexibility index (Phi) is 5.20. The highest BCUT2D eigenvalue weighted by molar-refractivity contribution is 5.68. The normalized spacial score (nSPS) is 16.4. The smallest absolute Gasteiger partial charge is 0.410 e. The topological polar surface area (TPSA) is 59.0 Å². The molecular formula is C16H23NO4. The molecule has 0 atom stereocenters. The summed E-state index contributed by atoms with van der Waals surface area (Å²) in [7, 11) is 0. The maximum atomic E-state index is 12.3. The number of amides is 1. The van der Waals surface area contributed by atoms with E-state index in [9.17, 15) is 9.90 Å². The number of carbonyl (C=O) groups is 1. The zero-order valence-electron chi connectivity index (χ0n) is 12.6. The predicted octanol–water partition coefficient (Wildman–Crippen LogP) is 2.04. The number of ether oxygens (including phenoxy) is 2. The second-order valence-electron chi connectivity index (χ2n) is 5.91. The molecular weight excluding hydrogens is 270 g/mol. The van der Waals surface area contributed by atoms with Gasteiger partial charge in [-0.25, -0.2) is 4.79 Å². The molecule has 1 N–H and O–H groups in total. The second-order valence-corrected chi connectivity index (χ2v) is 5.91. The summed E-state index contributed by atoms with van der Waals surface area (Å²) < 4.78 is 10.6. The molecule has 1 aliphatic heterocycles. The van der Waals surface area contributed by atoms with Crippen molar-refractivity contribution in [3.05, 3.63) is 35.9 Å². The van der Waals surface area contributed by atoms with Crippen LogP contribution in [0.4, 0.5) is 4.79 Å². The second kappa shape index (κ2) is 6.91. The number of aliphatic hydroxyl groups is 1. The van der Waals surface area contributed by atoms with Gasteiger partial charge in [-0.15, -0.1) is 0 Å². The molecule has 0 bridgehead atoms. The van der Waals surface area contributed by atoms with E-state index in [2.05, 4.69) is 0 Å². The number of hydrogen-bond acceptors (Lipinski definition) is 4. The maximum Gasteiger partial charge on any atom is 0.410 e. The number of carbonyl (C=O) groups excluding carboxylic acids is 1. The van der Waals surface area contributed by atoms with Gasteiger partial charge < -0.3 is 19.5 Å². The highest BCUT2D eigenvalue weighted by Gasteiger charge is 2.41. The Bertz CT molecular complexity index is 451. The molecule has 0 radical (unpaired) electrons. The molecule has 0 aliphatic carbocycles. The van der Waals surface area contributed by atoms with E-state index in [0.717, 1.165) is 5.56 Å². The quantitative estimate of drug-likeness (QED) is 0.872. The Morgan fingerprint density at radius 3 is 2.52 bits per heavy atom. The molecule has 1 saturated heterocycles. The average Bonchev–Trinajstić information content (AvgIpc) is 2.45. The number of hydrogen-bond donors (Lipinski definition) is 1. The number of rotatable bonds is 6. The van der Waals surface area contributed by atoms with Crippen LogP contribution in [0.5, 0.6) is 0 Å². The van der Waals surface area contributed by atoms with Crippen LogP contribution in [0.1, 0.15) is 19.4 Å². The van der Waals surface area contributed by atoms with Crippen LogP contribution < -0.4 is 0 Å². The summed E-state index contributed by atoms with van der Waals surface area (Å²) >= 11 is 0. The van der Waals surface area contributed by atoms with Crippen molar-refractivity contribution in [1.29, 1.82) is 0 Å². The monoisotopic (exact) mass is 293 g/mol. The minimum atomic E-state index is -0.353. The molecule has 1 fully saturated rings.